The highest BCUT2D eigenvalue weighted by atomic mass is 35.5. The van der Waals surface area contributed by atoms with Crippen LogP contribution in [0.15, 0.2) is 51.3 Å². The molecule has 1 atom stereocenters. The van der Waals surface area contributed by atoms with Gasteiger partial charge in [0.15, 0.2) is 17.1 Å². The van der Waals surface area contributed by atoms with E-state index in [2.05, 4.69) is 4.98 Å². The van der Waals surface area contributed by atoms with E-state index in [-0.39, 0.29) is 23.0 Å². The molecule has 0 aliphatic carbocycles. The standard InChI is InChI=1S/C19H17ClN2O4/c1-24-17(12-5-3-2-4-6-12)18-21-13-11-22(10-9-14(13)26-18)19(23)15-7-8-16(20)25-15/h2-8,17H,9-11H2,1H3. The van der Waals surface area contributed by atoms with Gasteiger partial charge in [0.25, 0.3) is 5.91 Å². The SMILES string of the molecule is COC(c1ccccc1)c1nc2c(o1)CCN(C(=O)c1ccc(Cl)o1)C2. The molecule has 0 spiro atoms. The minimum atomic E-state index is -0.380. The number of nitrogens with zero attached hydrogens (tertiary/aromatic N) is 2. The largest absolute Gasteiger partial charge is 0.442 e. The van der Waals surface area contributed by atoms with E-state index in [1.54, 1.807) is 24.1 Å². The highest BCUT2D eigenvalue weighted by Crippen LogP contribution is 2.29. The summed E-state index contributed by atoms with van der Waals surface area (Å²) in [5, 5.41) is 0.195. The molecular weight excluding hydrogens is 356 g/mol. The van der Waals surface area contributed by atoms with E-state index in [1.807, 2.05) is 30.3 Å². The molecule has 1 aliphatic rings. The summed E-state index contributed by atoms with van der Waals surface area (Å²) in [6.45, 7) is 0.892. The molecule has 26 heavy (non-hydrogen) atoms. The molecule has 1 aromatic carbocycles. The number of ether oxygens (including phenoxy) is 1. The second-order valence-corrected chi connectivity index (χ2v) is 6.40. The average Bonchev–Trinajstić information content (AvgIpc) is 3.28. The summed E-state index contributed by atoms with van der Waals surface area (Å²) in [5.74, 6) is 1.30. The lowest BCUT2D eigenvalue weighted by molar-refractivity contribution is 0.0695. The van der Waals surface area contributed by atoms with Crippen LogP contribution in [0.2, 0.25) is 5.22 Å². The molecule has 3 heterocycles. The van der Waals surface area contributed by atoms with E-state index in [9.17, 15) is 4.79 Å². The van der Waals surface area contributed by atoms with Gasteiger partial charge in [-0.25, -0.2) is 4.98 Å². The number of furan rings is 1. The molecule has 7 heteroatoms. The third-order valence-electron chi connectivity index (χ3n) is 4.38. The lowest BCUT2D eigenvalue weighted by Gasteiger charge is -2.24. The maximum absolute atomic E-state index is 12.5. The average molecular weight is 373 g/mol. The Morgan fingerprint density at radius 1 is 1.23 bits per heavy atom. The number of carbonyl (C=O) groups is 1. The molecule has 1 amide bonds. The molecule has 3 aromatic rings. The first kappa shape index (κ1) is 16.9. The van der Waals surface area contributed by atoms with E-state index in [0.29, 0.717) is 25.4 Å². The van der Waals surface area contributed by atoms with Gasteiger partial charge in [0.1, 0.15) is 11.5 Å². The van der Waals surface area contributed by atoms with Crippen molar-refractivity contribution in [3.63, 3.8) is 0 Å². The predicted octanol–water partition coefficient (Wildman–Crippen LogP) is 3.86. The van der Waals surface area contributed by atoms with Crippen molar-refractivity contribution in [1.29, 1.82) is 0 Å². The fourth-order valence-electron chi connectivity index (χ4n) is 3.10. The van der Waals surface area contributed by atoms with Gasteiger partial charge >= 0.3 is 0 Å². The summed E-state index contributed by atoms with van der Waals surface area (Å²) in [6.07, 6.45) is 0.211. The molecule has 1 unspecified atom stereocenters. The summed E-state index contributed by atoms with van der Waals surface area (Å²) in [4.78, 5) is 18.8. The first-order valence-electron chi connectivity index (χ1n) is 8.26. The molecule has 0 saturated carbocycles. The van der Waals surface area contributed by atoms with Crippen LogP contribution in [0.3, 0.4) is 0 Å². The summed E-state index contributed by atoms with van der Waals surface area (Å²) in [5.41, 5.74) is 1.71. The molecule has 4 rings (SSSR count). The Balaban J connectivity index is 1.56. The second kappa shape index (κ2) is 6.97. The van der Waals surface area contributed by atoms with Gasteiger partial charge in [-0.15, -0.1) is 0 Å². The van der Waals surface area contributed by atoms with Crippen molar-refractivity contribution in [3.8, 4) is 0 Å². The van der Waals surface area contributed by atoms with Crippen LogP contribution in [-0.2, 0) is 17.7 Å². The lowest BCUT2D eigenvalue weighted by atomic mass is 10.1. The number of aromatic nitrogens is 1. The fourth-order valence-corrected chi connectivity index (χ4v) is 3.24. The first-order valence-corrected chi connectivity index (χ1v) is 8.64. The van der Waals surface area contributed by atoms with Gasteiger partial charge < -0.3 is 18.5 Å². The number of oxazole rings is 1. The van der Waals surface area contributed by atoms with Crippen molar-refractivity contribution < 1.29 is 18.4 Å². The molecule has 6 nitrogen and oxygen atoms in total. The number of hydrogen-bond acceptors (Lipinski definition) is 5. The van der Waals surface area contributed by atoms with Gasteiger partial charge in [-0.1, -0.05) is 30.3 Å². The Bertz CT molecular complexity index is 919. The van der Waals surface area contributed by atoms with Crippen molar-refractivity contribution in [2.24, 2.45) is 0 Å². The number of hydrogen-bond donors (Lipinski definition) is 0. The quantitative estimate of drug-likeness (QED) is 0.695. The smallest absolute Gasteiger partial charge is 0.289 e. The van der Waals surface area contributed by atoms with E-state index >= 15 is 0 Å². The predicted molar refractivity (Wildman–Crippen MR) is 94.0 cm³/mol. The molecule has 0 radical (unpaired) electrons. The Morgan fingerprint density at radius 3 is 2.73 bits per heavy atom. The molecule has 0 bridgehead atoms. The Labute approximate surface area is 155 Å². The zero-order chi connectivity index (χ0) is 18.1. The topological polar surface area (TPSA) is 68.7 Å². The van der Waals surface area contributed by atoms with Crippen LogP contribution in [0.4, 0.5) is 0 Å². The molecule has 0 fully saturated rings. The van der Waals surface area contributed by atoms with Gasteiger partial charge in [-0.2, -0.15) is 0 Å². The van der Waals surface area contributed by atoms with Crippen molar-refractivity contribution >= 4 is 17.5 Å². The van der Waals surface area contributed by atoms with E-state index < -0.39 is 0 Å². The van der Waals surface area contributed by atoms with Crippen molar-refractivity contribution in [2.75, 3.05) is 13.7 Å². The van der Waals surface area contributed by atoms with Crippen LogP contribution in [0.5, 0.6) is 0 Å². The van der Waals surface area contributed by atoms with Crippen LogP contribution >= 0.6 is 11.6 Å². The fraction of sp³-hybridized carbons (Fsp3) is 0.263. The third-order valence-corrected chi connectivity index (χ3v) is 4.58. The summed E-state index contributed by atoms with van der Waals surface area (Å²) in [6, 6.07) is 12.9. The number of rotatable bonds is 4. The summed E-state index contributed by atoms with van der Waals surface area (Å²) in [7, 11) is 1.62. The van der Waals surface area contributed by atoms with Gasteiger partial charge in [-0.3, -0.25) is 4.79 Å². The molecule has 2 aromatic heterocycles. The zero-order valence-electron chi connectivity index (χ0n) is 14.1. The highest BCUT2D eigenvalue weighted by Gasteiger charge is 2.29. The Morgan fingerprint density at radius 2 is 2.04 bits per heavy atom. The van der Waals surface area contributed by atoms with Crippen molar-refractivity contribution in [3.05, 3.63) is 76.4 Å². The first-order chi connectivity index (χ1) is 12.7. The van der Waals surface area contributed by atoms with Gasteiger partial charge in [-0.05, 0) is 29.3 Å². The molecule has 0 saturated heterocycles. The van der Waals surface area contributed by atoms with Crippen LogP contribution in [0.25, 0.3) is 0 Å². The third kappa shape index (κ3) is 3.13. The molecule has 0 N–H and O–H groups in total. The van der Waals surface area contributed by atoms with Crippen LogP contribution in [0.1, 0.15) is 39.6 Å². The van der Waals surface area contributed by atoms with Gasteiger partial charge in [0, 0.05) is 20.1 Å². The van der Waals surface area contributed by atoms with Crippen molar-refractivity contribution in [2.45, 2.75) is 19.1 Å². The maximum Gasteiger partial charge on any atom is 0.289 e. The van der Waals surface area contributed by atoms with Gasteiger partial charge in [0.2, 0.25) is 5.89 Å². The summed E-state index contributed by atoms with van der Waals surface area (Å²) < 4.78 is 16.7. The number of halogens is 1. The Kier molecular flexibility index (Phi) is 4.53. The number of methoxy groups -OCH3 is 1. The minimum Gasteiger partial charge on any atom is -0.442 e. The van der Waals surface area contributed by atoms with E-state index in [1.165, 1.54) is 0 Å². The van der Waals surface area contributed by atoms with E-state index in [0.717, 1.165) is 17.0 Å². The maximum atomic E-state index is 12.5. The monoisotopic (exact) mass is 372 g/mol. The zero-order valence-corrected chi connectivity index (χ0v) is 14.9. The lowest BCUT2D eigenvalue weighted by Crippen LogP contribution is -2.35. The van der Waals surface area contributed by atoms with Crippen LogP contribution in [0, 0.1) is 0 Å². The Hall–Kier alpha value is -2.57. The molecule has 134 valence electrons. The number of fused-ring (bicyclic) bond motifs is 1. The number of carbonyl (C=O) groups excluding carboxylic acids is 1. The summed E-state index contributed by atoms with van der Waals surface area (Å²) >= 11 is 5.76. The highest BCUT2D eigenvalue weighted by molar-refractivity contribution is 6.29. The van der Waals surface area contributed by atoms with E-state index in [4.69, 9.17) is 25.2 Å². The van der Waals surface area contributed by atoms with Crippen molar-refractivity contribution in [1.82, 2.24) is 9.88 Å². The molecular formula is C19H17ClN2O4. The van der Waals surface area contributed by atoms with Crippen LogP contribution in [-0.4, -0.2) is 29.4 Å². The number of amides is 1. The minimum absolute atomic E-state index is 0.195. The normalized spacial score (nSPS) is 14.9. The number of benzene rings is 1. The second-order valence-electron chi connectivity index (χ2n) is 6.03. The van der Waals surface area contributed by atoms with Crippen LogP contribution < -0.4 is 0 Å². The van der Waals surface area contributed by atoms with Gasteiger partial charge in [0.05, 0.1) is 6.54 Å². The molecule has 1 aliphatic heterocycles.